The zero-order valence-corrected chi connectivity index (χ0v) is 17.9. The van der Waals surface area contributed by atoms with Gasteiger partial charge in [-0.1, -0.05) is 31.0 Å². The van der Waals surface area contributed by atoms with Crippen LogP contribution < -0.4 is 14.4 Å². The van der Waals surface area contributed by atoms with Crippen molar-refractivity contribution >= 4 is 11.6 Å². The largest absolute Gasteiger partial charge is 0.486 e. The molecule has 5 heteroatoms. The maximum Gasteiger partial charge on any atom is 0.240 e. The van der Waals surface area contributed by atoms with Gasteiger partial charge in [-0.05, 0) is 55.2 Å². The van der Waals surface area contributed by atoms with Gasteiger partial charge in [0.15, 0.2) is 11.5 Å². The summed E-state index contributed by atoms with van der Waals surface area (Å²) in [5.41, 5.74) is 3.76. The number of rotatable bonds is 3. The molecule has 2 heterocycles. The summed E-state index contributed by atoms with van der Waals surface area (Å²) in [4.78, 5) is 17.3. The van der Waals surface area contributed by atoms with E-state index in [0.717, 1.165) is 23.7 Å². The number of fused-ring (bicyclic) bond motifs is 3. The molecule has 1 saturated carbocycles. The first kappa shape index (κ1) is 19.4. The summed E-state index contributed by atoms with van der Waals surface area (Å²) in [7, 11) is 1.87. The number of likely N-dealkylation sites (N-methyl/N-ethyl adjacent to an activating group) is 1. The van der Waals surface area contributed by atoms with Crippen LogP contribution in [0.1, 0.15) is 49.8 Å². The monoisotopic (exact) mass is 406 g/mol. The minimum atomic E-state index is 0.114. The predicted molar refractivity (Wildman–Crippen MR) is 117 cm³/mol. The highest BCUT2D eigenvalue weighted by Gasteiger charge is 2.45. The number of hydrogen-bond donors (Lipinski definition) is 0. The van der Waals surface area contributed by atoms with Crippen LogP contribution in [-0.2, 0) is 10.2 Å². The third-order valence-electron chi connectivity index (χ3n) is 7.21. The molecule has 3 aliphatic rings. The van der Waals surface area contributed by atoms with Crippen LogP contribution in [-0.4, -0.2) is 44.2 Å². The van der Waals surface area contributed by atoms with Crippen molar-refractivity contribution in [1.82, 2.24) is 4.90 Å². The molecule has 2 aromatic carbocycles. The molecule has 1 unspecified atom stereocenters. The average molecular weight is 407 g/mol. The fraction of sp³-hybridized carbons (Fsp3) is 0.480. The maximum atomic E-state index is 13.1. The second kappa shape index (κ2) is 7.62. The highest BCUT2D eigenvalue weighted by Crippen LogP contribution is 2.51. The van der Waals surface area contributed by atoms with Gasteiger partial charge in [0.25, 0.3) is 0 Å². The highest BCUT2D eigenvalue weighted by atomic mass is 16.6. The van der Waals surface area contributed by atoms with Crippen LogP contribution in [0.15, 0.2) is 42.5 Å². The van der Waals surface area contributed by atoms with Crippen LogP contribution in [0.25, 0.3) is 0 Å². The third kappa shape index (κ3) is 3.25. The molecular formula is C25H30N2O3. The van der Waals surface area contributed by atoms with Gasteiger partial charge in [0.2, 0.25) is 5.91 Å². The van der Waals surface area contributed by atoms with Gasteiger partial charge in [0, 0.05) is 30.7 Å². The average Bonchev–Trinajstić information content (AvgIpc) is 3.25. The second-order valence-electron chi connectivity index (χ2n) is 8.94. The second-order valence-corrected chi connectivity index (χ2v) is 8.94. The highest BCUT2D eigenvalue weighted by molar-refractivity contribution is 5.94. The van der Waals surface area contributed by atoms with Crippen molar-refractivity contribution < 1.29 is 14.3 Å². The van der Waals surface area contributed by atoms with E-state index in [1.165, 1.54) is 36.8 Å². The van der Waals surface area contributed by atoms with Gasteiger partial charge in [0.1, 0.15) is 13.2 Å². The van der Waals surface area contributed by atoms with E-state index < -0.39 is 0 Å². The molecule has 1 amide bonds. The molecule has 5 rings (SSSR count). The summed E-state index contributed by atoms with van der Waals surface area (Å²) in [6.07, 6.45) is 4.83. The van der Waals surface area contributed by atoms with Crippen molar-refractivity contribution in [2.24, 2.45) is 0 Å². The first-order chi connectivity index (χ1) is 14.6. The molecule has 158 valence electrons. The normalized spacial score (nSPS) is 22.0. The van der Waals surface area contributed by atoms with Crippen molar-refractivity contribution in [3.05, 3.63) is 53.6 Å². The molecule has 5 nitrogen and oxygen atoms in total. The number of carbonyl (C=O) groups is 1. The number of ether oxygens (including phenoxy) is 2. The zero-order valence-electron chi connectivity index (χ0n) is 17.9. The number of benzene rings is 2. The number of carbonyl (C=O) groups excluding carboxylic acids is 1. The lowest BCUT2D eigenvalue weighted by molar-refractivity contribution is -0.120. The Morgan fingerprint density at radius 3 is 2.47 bits per heavy atom. The lowest BCUT2D eigenvalue weighted by atomic mass is 9.71. The summed E-state index contributed by atoms with van der Waals surface area (Å²) in [6.45, 7) is 4.76. The van der Waals surface area contributed by atoms with Gasteiger partial charge < -0.3 is 14.4 Å². The van der Waals surface area contributed by atoms with Crippen molar-refractivity contribution in [3.63, 3.8) is 0 Å². The molecule has 0 aromatic heterocycles. The fourth-order valence-electron chi connectivity index (χ4n) is 5.46. The van der Waals surface area contributed by atoms with E-state index in [2.05, 4.69) is 24.0 Å². The molecule has 1 aliphatic carbocycles. The van der Waals surface area contributed by atoms with Crippen LogP contribution >= 0.6 is 0 Å². The summed E-state index contributed by atoms with van der Waals surface area (Å²) in [6, 6.07) is 14.4. The minimum absolute atomic E-state index is 0.114. The molecule has 1 atom stereocenters. The molecule has 0 N–H and O–H groups in total. The van der Waals surface area contributed by atoms with Gasteiger partial charge >= 0.3 is 0 Å². The van der Waals surface area contributed by atoms with Gasteiger partial charge in [-0.3, -0.25) is 9.69 Å². The van der Waals surface area contributed by atoms with Crippen molar-refractivity contribution in [1.29, 1.82) is 0 Å². The Kier molecular flexibility index (Phi) is 4.94. The summed E-state index contributed by atoms with van der Waals surface area (Å²) >= 11 is 0. The van der Waals surface area contributed by atoms with Crippen LogP contribution in [0.2, 0.25) is 0 Å². The van der Waals surface area contributed by atoms with Gasteiger partial charge in [-0.15, -0.1) is 0 Å². The topological polar surface area (TPSA) is 42.0 Å². The van der Waals surface area contributed by atoms with E-state index in [4.69, 9.17) is 9.47 Å². The first-order valence-corrected chi connectivity index (χ1v) is 11.1. The smallest absolute Gasteiger partial charge is 0.240 e. The quantitative estimate of drug-likeness (QED) is 0.762. The molecule has 2 aliphatic heterocycles. The minimum Gasteiger partial charge on any atom is -0.486 e. The van der Waals surface area contributed by atoms with E-state index in [9.17, 15) is 4.79 Å². The Morgan fingerprint density at radius 1 is 1.10 bits per heavy atom. The van der Waals surface area contributed by atoms with Gasteiger partial charge in [0.05, 0.1) is 6.54 Å². The van der Waals surface area contributed by atoms with E-state index >= 15 is 0 Å². The summed E-state index contributed by atoms with van der Waals surface area (Å²) in [5, 5.41) is 0. The first-order valence-electron chi connectivity index (χ1n) is 11.1. The predicted octanol–water partition coefficient (Wildman–Crippen LogP) is 4.31. The summed E-state index contributed by atoms with van der Waals surface area (Å²) in [5.74, 6) is 1.85. The van der Waals surface area contributed by atoms with Crippen molar-refractivity contribution in [3.8, 4) is 11.5 Å². The maximum absolute atomic E-state index is 13.1. The van der Waals surface area contributed by atoms with Crippen LogP contribution in [0.3, 0.4) is 0 Å². The molecular weight excluding hydrogens is 376 g/mol. The summed E-state index contributed by atoms with van der Waals surface area (Å²) < 4.78 is 11.8. The Balaban J connectivity index is 1.46. The number of para-hydroxylation sites is 1. The van der Waals surface area contributed by atoms with Crippen LogP contribution in [0, 0.1) is 0 Å². The Labute approximate surface area is 178 Å². The molecule has 0 radical (unpaired) electrons. The molecule has 30 heavy (non-hydrogen) atoms. The number of amides is 1. The number of nitrogens with zero attached hydrogens (tertiary/aromatic N) is 2. The van der Waals surface area contributed by atoms with E-state index in [-0.39, 0.29) is 17.4 Å². The van der Waals surface area contributed by atoms with Crippen molar-refractivity contribution in [2.45, 2.75) is 44.1 Å². The third-order valence-corrected chi connectivity index (χ3v) is 7.21. The van der Waals surface area contributed by atoms with E-state index in [1.807, 2.05) is 37.4 Å². The lowest BCUT2D eigenvalue weighted by Crippen LogP contribution is -2.49. The lowest BCUT2D eigenvalue weighted by Gasteiger charge is -2.46. The van der Waals surface area contributed by atoms with Gasteiger partial charge in [-0.25, -0.2) is 0 Å². The number of hydrogen-bond acceptors (Lipinski definition) is 4. The van der Waals surface area contributed by atoms with Gasteiger partial charge in [-0.2, -0.15) is 0 Å². The molecule has 1 spiro atoms. The fourth-order valence-corrected chi connectivity index (χ4v) is 5.46. The Bertz CT molecular complexity index is 937. The molecule has 0 bridgehead atoms. The van der Waals surface area contributed by atoms with Crippen LogP contribution in [0.4, 0.5) is 5.69 Å². The van der Waals surface area contributed by atoms with E-state index in [1.54, 1.807) is 4.90 Å². The Hall–Kier alpha value is -2.53. The van der Waals surface area contributed by atoms with Crippen molar-refractivity contribution in [2.75, 3.05) is 38.3 Å². The number of anilines is 1. The molecule has 1 fully saturated rings. The van der Waals surface area contributed by atoms with Crippen LogP contribution in [0.5, 0.6) is 11.5 Å². The van der Waals surface area contributed by atoms with E-state index in [0.29, 0.717) is 19.8 Å². The molecule has 0 saturated heterocycles. The standard InChI is InChI=1S/C25H30N2O3/c1-18-20-14-22-23(30-13-12-29-22)15-21(20)25(10-6-7-11-25)17-27(18)16-24(28)26(2)19-8-4-3-5-9-19/h3-5,8-9,14-15,18H,6-7,10-13,16-17H2,1-2H3. The molecule has 2 aromatic rings. The Morgan fingerprint density at radius 2 is 1.77 bits per heavy atom. The SMILES string of the molecule is CC1c2cc3c(cc2C2(CCCC2)CN1CC(=O)N(C)c1ccccc1)OCCO3. The zero-order chi connectivity index (χ0) is 20.7.